The number of hydrogen-bond donors (Lipinski definition) is 4. The summed E-state index contributed by atoms with van der Waals surface area (Å²) in [7, 11) is -4.45. The molecular formula is C38H69NO6S. The lowest BCUT2D eigenvalue weighted by atomic mass is 10.0. The number of aliphatic hydroxyl groups excluding tert-OH is 2. The largest absolute Gasteiger partial charge is 0.387 e. The average molecular weight is 668 g/mol. The number of rotatable bonds is 32. The molecular weight excluding hydrogens is 598 g/mol. The topological polar surface area (TPSA) is 124 Å². The molecule has 0 aliphatic heterocycles. The van der Waals surface area contributed by atoms with E-state index in [9.17, 15) is 28.0 Å². The number of unbranched alkanes of at least 4 members (excludes halogenated alkanes) is 18. The van der Waals surface area contributed by atoms with Crippen molar-refractivity contribution in [3.8, 4) is 0 Å². The van der Waals surface area contributed by atoms with Crippen LogP contribution < -0.4 is 5.32 Å². The normalized spacial score (nSPS) is 14.6. The van der Waals surface area contributed by atoms with Crippen molar-refractivity contribution in [2.75, 3.05) is 5.75 Å². The molecule has 0 aromatic heterocycles. The van der Waals surface area contributed by atoms with Gasteiger partial charge >= 0.3 is 0 Å². The van der Waals surface area contributed by atoms with Crippen LogP contribution in [0.1, 0.15) is 162 Å². The maximum Gasteiger partial charge on any atom is 0.267 e. The molecule has 0 heterocycles. The zero-order chi connectivity index (χ0) is 34.1. The van der Waals surface area contributed by atoms with E-state index in [1.165, 1.54) is 89.5 Å². The summed E-state index contributed by atoms with van der Waals surface area (Å²) >= 11 is 0. The summed E-state index contributed by atoms with van der Waals surface area (Å²) in [5, 5.41) is 23.2. The molecule has 0 aliphatic rings. The van der Waals surface area contributed by atoms with Crippen molar-refractivity contribution in [1.29, 1.82) is 0 Å². The first kappa shape index (κ1) is 44.3. The Bertz CT molecular complexity index is 927. The zero-order valence-corrected chi connectivity index (χ0v) is 30.1. The Morgan fingerprint density at radius 3 is 1.57 bits per heavy atom. The van der Waals surface area contributed by atoms with E-state index in [0.717, 1.165) is 44.9 Å². The summed E-state index contributed by atoms with van der Waals surface area (Å²) in [6.07, 6.45) is 39.2. The number of nitrogens with one attached hydrogen (secondary N) is 1. The Balaban J connectivity index is 4.03. The van der Waals surface area contributed by atoms with Crippen molar-refractivity contribution in [2.24, 2.45) is 0 Å². The van der Waals surface area contributed by atoms with E-state index < -0.39 is 40.0 Å². The number of amides is 1. The minimum atomic E-state index is -4.45. The van der Waals surface area contributed by atoms with Gasteiger partial charge in [0.1, 0.15) is 6.10 Å². The van der Waals surface area contributed by atoms with Crippen molar-refractivity contribution in [3.05, 3.63) is 48.6 Å². The third-order valence-corrected chi connectivity index (χ3v) is 8.94. The number of allylic oxidation sites excluding steroid dienone is 7. The Morgan fingerprint density at radius 1 is 0.630 bits per heavy atom. The van der Waals surface area contributed by atoms with E-state index in [0.29, 0.717) is 12.8 Å². The summed E-state index contributed by atoms with van der Waals surface area (Å²) in [6, 6.07) is -1.26. The zero-order valence-electron chi connectivity index (χ0n) is 29.3. The molecule has 3 unspecified atom stereocenters. The van der Waals surface area contributed by atoms with Gasteiger partial charge in [-0.3, -0.25) is 9.35 Å². The highest BCUT2D eigenvalue weighted by molar-refractivity contribution is 7.85. The second kappa shape index (κ2) is 31.8. The summed E-state index contributed by atoms with van der Waals surface area (Å²) in [4.78, 5) is 12.5. The lowest BCUT2D eigenvalue weighted by Crippen LogP contribution is -2.50. The molecule has 46 heavy (non-hydrogen) atoms. The smallest absolute Gasteiger partial charge is 0.267 e. The number of carbonyl (C=O) groups excluding carboxylic acids is 1. The molecule has 3 atom stereocenters. The lowest BCUT2D eigenvalue weighted by Gasteiger charge is -2.22. The third kappa shape index (κ3) is 30.9. The maximum atomic E-state index is 12.5. The van der Waals surface area contributed by atoms with Gasteiger partial charge in [-0.25, -0.2) is 0 Å². The molecule has 7 nitrogen and oxygen atoms in total. The van der Waals surface area contributed by atoms with Crippen LogP contribution in [0.4, 0.5) is 0 Å². The quantitative estimate of drug-likeness (QED) is 0.0322. The predicted molar refractivity (Wildman–Crippen MR) is 194 cm³/mol. The van der Waals surface area contributed by atoms with Gasteiger partial charge in [-0.05, 0) is 64.7 Å². The van der Waals surface area contributed by atoms with E-state index in [2.05, 4.69) is 36.5 Å². The molecule has 4 N–H and O–H groups in total. The number of carbonyl (C=O) groups is 1. The van der Waals surface area contributed by atoms with Crippen molar-refractivity contribution in [3.63, 3.8) is 0 Å². The fourth-order valence-corrected chi connectivity index (χ4v) is 6.05. The first-order chi connectivity index (χ1) is 22.2. The molecule has 268 valence electrons. The highest BCUT2D eigenvalue weighted by atomic mass is 32.2. The van der Waals surface area contributed by atoms with Crippen molar-refractivity contribution >= 4 is 16.0 Å². The van der Waals surface area contributed by atoms with Gasteiger partial charge in [0.15, 0.2) is 0 Å². The standard InChI is InChI=1S/C38H69NO6S/c1-3-5-7-9-11-13-14-15-16-17-18-19-20-21-22-23-25-27-29-31-33-37(41)38(42)39-35(34-46(43,44)45)36(40)32-30-28-26-24-12-10-8-6-4-2/h4,6,12,19-20,24,30,32,35-37,40-41H,3,5,7-11,13-18,21-23,25-29,31,33-34H2,1-2H3,(H,39,42)(H,43,44,45)/b6-4+,20-19-,24-12+,32-30+. The van der Waals surface area contributed by atoms with Gasteiger partial charge in [0.05, 0.1) is 17.9 Å². The van der Waals surface area contributed by atoms with Gasteiger partial charge < -0.3 is 15.5 Å². The Kier molecular flexibility index (Phi) is 30.6. The first-order valence-electron chi connectivity index (χ1n) is 18.4. The molecule has 0 fully saturated rings. The minimum absolute atomic E-state index is 0.262. The van der Waals surface area contributed by atoms with Crippen LogP contribution in [-0.2, 0) is 14.9 Å². The molecule has 0 radical (unpaired) electrons. The van der Waals surface area contributed by atoms with Gasteiger partial charge in [0.2, 0.25) is 5.91 Å². The molecule has 0 spiro atoms. The molecule has 0 aliphatic carbocycles. The van der Waals surface area contributed by atoms with Crippen LogP contribution in [0.5, 0.6) is 0 Å². The van der Waals surface area contributed by atoms with E-state index in [1.807, 2.05) is 19.1 Å². The van der Waals surface area contributed by atoms with Gasteiger partial charge in [0, 0.05) is 0 Å². The fourth-order valence-electron chi connectivity index (χ4n) is 5.31. The van der Waals surface area contributed by atoms with Crippen LogP contribution in [0.15, 0.2) is 48.6 Å². The third-order valence-electron chi connectivity index (χ3n) is 8.16. The molecule has 8 heteroatoms. The monoisotopic (exact) mass is 667 g/mol. The average Bonchev–Trinajstić information content (AvgIpc) is 3.01. The molecule has 1 amide bonds. The van der Waals surface area contributed by atoms with Gasteiger partial charge in [0.25, 0.3) is 10.1 Å². The first-order valence-corrected chi connectivity index (χ1v) is 20.0. The second-order valence-electron chi connectivity index (χ2n) is 12.6. The van der Waals surface area contributed by atoms with Gasteiger partial charge in [-0.15, -0.1) is 0 Å². The summed E-state index contributed by atoms with van der Waals surface area (Å²) in [6.45, 7) is 4.25. The predicted octanol–water partition coefficient (Wildman–Crippen LogP) is 9.32. The van der Waals surface area contributed by atoms with Crippen molar-refractivity contribution in [1.82, 2.24) is 5.32 Å². The molecule has 0 rings (SSSR count). The van der Waals surface area contributed by atoms with E-state index in [-0.39, 0.29) is 6.42 Å². The fraction of sp³-hybridized carbons (Fsp3) is 0.763. The number of aliphatic hydroxyl groups is 2. The Labute approximate surface area is 282 Å². The Morgan fingerprint density at radius 2 is 1.07 bits per heavy atom. The summed E-state index contributed by atoms with van der Waals surface area (Å²) in [5.41, 5.74) is 0. The van der Waals surface area contributed by atoms with Gasteiger partial charge in [-0.2, -0.15) is 8.42 Å². The van der Waals surface area contributed by atoms with Crippen molar-refractivity contribution < 1.29 is 28.0 Å². The number of hydrogen-bond acceptors (Lipinski definition) is 5. The second-order valence-corrected chi connectivity index (χ2v) is 14.1. The Hall–Kier alpha value is -1.74. The SMILES string of the molecule is C/C=C/CC/C=C/CC/C=C/C(O)C(CS(=O)(=O)O)NC(=O)C(O)CCCCCCCC/C=C\CCCCCCCCCCCC. The van der Waals surface area contributed by atoms with Crippen LogP contribution in [0, 0.1) is 0 Å². The van der Waals surface area contributed by atoms with Gasteiger partial charge in [-0.1, -0.05) is 145 Å². The minimum Gasteiger partial charge on any atom is -0.387 e. The highest BCUT2D eigenvalue weighted by Gasteiger charge is 2.27. The molecule has 0 aromatic carbocycles. The lowest BCUT2D eigenvalue weighted by molar-refractivity contribution is -0.130. The van der Waals surface area contributed by atoms with Crippen LogP contribution in [0.3, 0.4) is 0 Å². The highest BCUT2D eigenvalue weighted by Crippen LogP contribution is 2.13. The summed E-state index contributed by atoms with van der Waals surface area (Å²) < 4.78 is 32.3. The van der Waals surface area contributed by atoms with Crippen LogP contribution >= 0.6 is 0 Å². The molecule has 0 saturated heterocycles. The van der Waals surface area contributed by atoms with E-state index >= 15 is 0 Å². The van der Waals surface area contributed by atoms with Crippen LogP contribution in [0.25, 0.3) is 0 Å². The summed E-state index contributed by atoms with van der Waals surface area (Å²) in [5.74, 6) is -1.58. The van der Waals surface area contributed by atoms with Crippen LogP contribution in [0.2, 0.25) is 0 Å². The van der Waals surface area contributed by atoms with Crippen LogP contribution in [-0.4, -0.2) is 53.1 Å². The van der Waals surface area contributed by atoms with E-state index in [4.69, 9.17) is 0 Å². The molecule has 0 saturated carbocycles. The van der Waals surface area contributed by atoms with Crippen molar-refractivity contribution in [2.45, 2.75) is 180 Å². The molecule has 0 bridgehead atoms. The molecule has 0 aromatic rings. The van der Waals surface area contributed by atoms with E-state index in [1.54, 1.807) is 6.08 Å². The maximum absolute atomic E-state index is 12.5.